The second-order valence-corrected chi connectivity index (χ2v) is 8.14. The lowest BCUT2D eigenvalue weighted by Gasteiger charge is -2.31. The van der Waals surface area contributed by atoms with E-state index in [1.54, 1.807) is 0 Å². The molecule has 1 aliphatic heterocycles. The molecule has 0 aliphatic carbocycles. The van der Waals surface area contributed by atoms with Gasteiger partial charge in [-0.25, -0.2) is 8.42 Å². The van der Waals surface area contributed by atoms with Crippen LogP contribution < -0.4 is 10.6 Å². The van der Waals surface area contributed by atoms with Gasteiger partial charge in [-0.2, -0.15) is 4.31 Å². The highest BCUT2D eigenvalue weighted by atomic mass is 35.5. The minimum Gasteiger partial charge on any atom is -0.356 e. The molecule has 2 N–H and O–H groups in total. The largest absolute Gasteiger partial charge is 0.356 e. The van der Waals surface area contributed by atoms with Crippen molar-refractivity contribution in [1.82, 2.24) is 14.9 Å². The van der Waals surface area contributed by atoms with E-state index in [1.165, 1.54) is 28.6 Å². The van der Waals surface area contributed by atoms with Crippen LogP contribution in [0.25, 0.3) is 0 Å². The molecule has 2 rings (SSSR count). The predicted octanol–water partition coefficient (Wildman–Crippen LogP) is 1.14. The number of halogens is 1. The molecule has 9 nitrogen and oxygen atoms in total. The van der Waals surface area contributed by atoms with Gasteiger partial charge in [0.05, 0.1) is 15.7 Å². The van der Waals surface area contributed by atoms with Crippen LogP contribution in [0.15, 0.2) is 29.2 Å². The third-order valence-corrected chi connectivity index (χ3v) is 6.22. The van der Waals surface area contributed by atoms with Gasteiger partial charge in [0.1, 0.15) is 0 Å². The summed E-state index contributed by atoms with van der Waals surface area (Å²) >= 11 is 0. The summed E-state index contributed by atoms with van der Waals surface area (Å²) in [5.74, 6) is -0.518. The third-order valence-electron chi connectivity index (χ3n) is 4.34. The lowest BCUT2D eigenvalue weighted by atomic mass is 9.99. The molecule has 0 spiro atoms. The van der Waals surface area contributed by atoms with E-state index in [9.17, 15) is 23.3 Å². The van der Waals surface area contributed by atoms with Crippen molar-refractivity contribution in [2.24, 2.45) is 5.92 Å². The molecule has 1 saturated heterocycles. The lowest BCUT2D eigenvalue weighted by molar-refractivity contribution is -0.384. The van der Waals surface area contributed by atoms with Crippen molar-refractivity contribution >= 4 is 34.0 Å². The number of hydrogen-bond acceptors (Lipinski definition) is 6. The Morgan fingerprint density at radius 2 is 1.96 bits per heavy atom. The first-order chi connectivity index (χ1) is 12.4. The molecule has 0 radical (unpaired) electrons. The molecule has 1 fully saturated rings. The van der Waals surface area contributed by atoms with E-state index in [1.807, 2.05) is 7.05 Å². The Morgan fingerprint density at radius 1 is 1.30 bits per heavy atom. The van der Waals surface area contributed by atoms with E-state index in [2.05, 4.69) is 10.6 Å². The van der Waals surface area contributed by atoms with Gasteiger partial charge in [0.25, 0.3) is 5.69 Å². The van der Waals surface area contributed by atoms with Gasteiger partial charge < -0.3 is 10.6 Å². The van der Waals surface area contributed by atoms with Crippen LogP contribution in [0.5, 0.6) is 0 Å². The molecule has 1 aromatic carbocycles. The van der Waals surface area contributed by atoms with E-state index in [0.29, 0.717) is 25.9 Å². The predicted molar refractivity (Wildman–Crippen MR) is 103 cm³/mol. The van der Waals surface area contributed by atoms with Gasteiger partial charge in [-0.05, 0) is 45.0 Å². The molecule has 27 heavy (non-hydrogen) atoms. The van der Waals surface area contributed by atoms with E-state index < -0.39 is 14.9 Å². The summed E-state index contributed by atoms with van der Waals surface area (Å²) < 4.78 is 26.8. The Balaban J connectivity index is 0.00000364. The number of nitrogens with one attached hydrogen (secondary N) is 2. The maximum absolute atomic E-state index is 12.8. The standard InChI is InChI=1S/C16H24N4O5S.ClH/c1-17-9-3-10-18-16(21)13-4-2-11-19(12-13)26(24,25)15-7-5-14(6-8-15)20(22)23;/h5-8,13,17H,2-4,9-12H2,1H3,(H,18,21);1H. The van der Waals surface area contributed by atoms with Crippen molar-refractivity contribution in [2.75, 3.05) is 33.2 Å². The molecular formula is C16H25ClN4O5S. The Bertz CT molecular complexity index is 742. The quantitative estimate of drug-likeness (QED) is 0.369. The number of nitro groups is 1. The van der Waals surface area contributed by atoms with Crippen molar-refractivity contribution in [3.8, 4) is 0 Å². The van der Waals surface area contributed by atoms with Gasteiger partial charge >= 0.3 is 0 Å². The molecule has 0 bridgehead atoms. The number of benzene rings is 1. The Morgan fingerprint density at radius 3 is 2.56 bits per heavy atom. The molecular weight excluding hydrogens is 396 g/mol. The van der Waals surface area contributed by atoms with Crippen LogP contribution in [0.2, 0.25) is 0 Å². The first kappa shape index (κ1) is 23.3. The van der Waals surface area contributed by atoms with Crippen molar-refractivity contribution in [1.29, 1.82) is 0 Å². The summed E-state index contributed by atoms with van der Waals surface area (Å²) in [6.45, 7) is 1.80. The van der Waals surface area contributed by atoms with Crippen LogP contribution in [0, 0.1) is 16.0 Å². The molecule has 1 aliphatic rings. The van der Waals surface area contributed by atoms with Gasteiger partial charge in [-0.3, -0.25) is 14.9 Å². The highest BCUT2D eigenvalue weighted by Gasteiger charge is 2.33. The molecule has 152 valence electrons. The first-order valence-corrected chi connectivity index (χ1v) is 9.97. The van der Waals surface area contributed by atoms with Crippen molar-refractivity contribution in [3.05, 3.63) is 34.4 Å². The SMILES string of the molecule is CNCCCNC(=O)C1CCCN(S(=O)(=O)c2ccc([N+](=O)[O-])cc2)C1.Cl. The normalized spacial score (nSPS) is 17.7. The van der Waals surface area contributed by atoms with E-state index >= 15 is 0 Å². The van der Waals surface area contributed by atoms with Crippen molar-refractivity contribution < 1.29 is 18.1 Å². The fourth-order valence-corrected chi connectivity index (χ4v) is 4.41. The number of hydrogen-bond donors (Lipinski definition) is 2. The average Bonchev–Trinajstić information content (AvgIpc) is 2.65. The van der Waals surface area contributed by atoms with Crippen LogP contribution in [0.1, 0.15) is 19.3 Å². The zero-order valence-electron chi connectivity index (χ0n) is 15.1. The molecule has 11 heteroatoms. The average molecular weight is 421 g/mol. The summed E-state index contributed by atoms with van der Waals surface area (Å²) in [7, 11) is -1.94. The summed E-state index contributed by atoms with van der Waals surface area (Å²) in [5.41, 5.74) is -0.165. The fraction of sp³-hybridized carbons (Fsp3) is 0.562. The summed E-state index contributed by atoms with van der Waals surface area (Å²) in [4.78, 5) is 22.4. The topological polar surface area (TPSA) is 122 Å². The number of nitro benzene ring substituents is 1. The second kappa shape index (κ2) is 10.5. The summed E-state index contributed by atoms with van der Waals surface area (Å²) in [5, 5.41) is 16.5. The molecule has 1 atom stereocenters. The summed E-state index contributed by atoms with van der Waals surface area (Å²) in [6.07, 6.45) is 2.05. The minimum absolute atomic E-state index is 0. The van der Waals surface area contributed by atoms with E-state index in [4.69, 9.17) is 0 Å². The van der Waals surface area contributed by atoms with Crippen LogP contribution in [-0.2, 0) is 14.8 Å². The number of carbonyl (C=O) groups is 1. The van der Waals surface area contributed by atoms with E-state index in [-0.39, 0.29) is 41.4 Å². The van der Waals surface area contributed by atoms with Crippen LogP contribution in [0.3, 0.4) is 0 Å². The number of non-ortho nitro benzene ring substituents is 1. The monoisotopic (exact) mass is 420 g/mol. The number of rotatable bonds is 8. The molecule has 1 heterocycles. The lowest BCUT2D eigenvalue weighted by Crippen LogP contribution is -2.45. The number of piperidine rings is 1. The number of nitrogens with zero attached hydrogens (tertiary/aromatic N) is 2. The third kappa shape index (κ3) is 6.13. The smallest absolute Gasteiger partial charge is 0.269 e. The Hall–Kier alpha value is -1.75. The van der Waals surface area contributed by atoms with Crippen LogP contribution in [-0.4, -0.2) is 56.8 Å². The van der Waals surface area contributed by atoms with Gasteiger partial charge in [0.15, 0.2) is 0 Å². The highest BCUT2D eigenvalue weighted by Crippen LogP contribution is 2.25. The maximum Gasteiger partial charge on any atom is 0.269 e. The van der Waals surface area contributed by atoms with E-state index in [0.717, 1.165) is 13.0 Å². The molecule has 0 aromatic heterocycles. The fourth-order valence-electron chi connectivity index (χ4n) is 2.88. The maximum atomic E-state index is 12.8. The molecule has 1 aromatic rings. The zero-order valence-corrected chi connectivity index (χ0v) is 16.7. The molecule has 1 amide bonds. The van der Waals surface area contributed by atoms with Gasteiger partial charge in [0.2, 0.25) is 15.9 Å². The first-order valence-electron chi connectivity index (χ1n) is 8.53. The number of amides is 1. The van der Waals surface area contributed by atoms with Crippen LogP contribution >= 0.6 is 12.4 Å². The number of sulfonamides is 1. The minimum atomic E-state index is -3.78. The van der Waals surface area contributed by atoms with Crippen LogP contribution in [0.4, 0.5) is 5.69 Å². The molecule has 0 saturated carbocycles. The van der Waals surface area contributed by atoms with Crippen molar-refractivity contribution in [2.45, 2.75) is 24.2 Å². The van der Waals surface area contributed by atoms with Crippen molar-refractivity contribution in [3.63, 3.8) is 0 Å². The van der Waals surface area contributed by atoms with Gasteiger partial charge in [0, 0.05) is 31.8 Å². The highest BCUT2D eigenvalue weighted by molar-refractivity contribution is 7.89. The van der Waals surface area contributed by atoms with Gasteiger partial charge in [-0.1, -0.05) is 0 Å². The Labute approximate surface area is 165 Å². The zero-order chi connectivity index (χ0) is 19.2. The Kier molecular flexibility index (Phi) is 9.10. The van der Waals surface area contributed by atoms with Gasteiger partial charge in [-0.15, -0.1) is 12.4 Å². The summed E-state index contributed by atoms with van der Waals surface area (Å²) in [6, 6.07) is 4.80. The second-order valence-electron chi connectivity index (χ2n) is 6.20. The number of carbonyl (C=O) groups excluding carboxylic acids is 1. The molecule has 1 unspecified atom stereocenters.